The first-order valence-electron chi connectivity index (χ1n) is 6.83. The van der Waals surface area contributed by atoms with Crippen LogP contribution in [0.2, 0.25) is 5.02 Å². The van der Waals surface area contributed by atoms with Crippen LogP contribution < -0.4 is 5.32 Å². The Morgan fingerprint density at radius 2 is 1.95 bits per heavy atom. The first-order valence-corrected chi connectivity index (χ1v) is 7.20. The highest BCUT2D eigenvalue weighted by atomic mass is 35.5. The predicted molar refractivity (Wildman–Crippen MR) is 73.9 cm³/mol. The summed E-state index contributed by atoms with van der Waals surface area (Å²) in [6, 6.07) is 0.917. The van der Waals surface area contributed by atoms with E-state index in [0.717, 1.165) is 31.0 Å². The fourth-order valence-electron chi connectivity index (χ4n) is 2.50. The maximum absolute atomic E-state index is 12.5. The van der Waals surface area contributed by atoms with E-state index in [2.05, 4.69) is 17.2 Å². The van der Waals surface area contributed by atoms with Crippen LogP contribution in [-0.2, 0) is 6.18 Å². The third-order valence-electron chi connectivity index (χ3n) is 3.86. The number of alkyl halides is 3. The fourth-order valence-corrected chi connectivity index (χ4v) is 2.73. The summed E-state index contributed by atoms with van der Waals surface area (Å²) in [6.45, 7) is 2.96. The van der Waals surface area contributed by atoms with Crippen molar-refractivity contribution < 1.29 is 13.2 Å². The molecule has 2 nitrogen and oxygen atoms in total. The minimum Gasteiger partial charge on any atom is -0.369 e. The van der Waals surface area contributed by atoms with Crippen LogP contribution in [0.25, 0.3) is 0 Å². The van der Waals surface area contributed by atoms with E-state index in [1.807, 2.05) is 0 Å². The summed E-state index contributed by atoms with van der Waals surface area (Å²) < 4.78 is 37.5. The fraction of sp³-hybridized carbons (Fsp3) is 0.643. The van der Waals surface area contributed by atoms with E-state index in [-0.39, 0.29) is 5.02 Å². The number of nitrogens with zero attached hydrogens (tertiary/aromatic N) is 1. The van der Waals surface area contributed by atoms with Gasteiger partial charge in [0.25, 0.3) is 0 Å². The minimum absolute atomic E-state index is 0.0176. The Morgan fingerprint density at radius 1 is 1.30 bits per heavy atom. The van der Waals surface area contributed by atoms with Crippen LogP contribution in [0.4, 0.5) is 19.0 Å². The molecule has 2 rings (SSSR count). The molecule has 0 aliphatic heterocycles. The number of pyridine rings is 1. The van der Waals surface area contributed by atoms with E-state index >= 15 is 0 Å². The topological polar surface area (TPSA) is 24.9 Å². The largest absolute Gasteiger partial charge is 0.417 e. The van der Waals surface area contributed by atoms with Crippen LogP contribution in [0.15, 0.2) is 12.3 Å². The van der Waals surface area contributed by atoms with Gasteiger partial charge < -0.3 is 5.32 Å². The van der Waals surface area contributed by atoms with E-state index in [4.69, 9.17) is 11.6 Å². The third-order valence-corrected chi connectivity index (χ3v) is 4.15. The first kappa shape index (κ1) is 15.4. The van der Waals surface area contributed by atoms with Gasteiger partial charge in [-0.05, 0) is 30.7 Å². The predicted octanol–water partition coefficient (Wildman–Crippen LogP) is 4.99. The van der Waals surface area contributed by atoms with Crippen LogP contribution in [0.5, 0.6) is 0 Å². The van der Waals surface area contributed by atoms with Gasteiger partial charge in [-0.2, -0.15) is 13.2 Å². The van der Waals surface area contributed by atoms with Gasteiger partial charge in [-0.25, -0.2) is 4.98 Å². The lowest BCUT2D eigenvalue weighted by Crippen LogP contribution is -2.20. The molecular weight excluding hydrogens is 289 g/mol. The quantitative estimate of drug-likeness (QED) is 0.850. The molecule has 1 aromatic heterocycles. The second-order valence-corrected chi connectivity index (χ2v) is 5.97. The highest BCUT2D eigenvalue weighted by molar-refractivity contribution is 6.32. The van der Waals surface area contributed by atoms with Crippen LogP contribution in [0.3, 0.4) is 0 Å². The molecule has 0 aromatic carbocycles. The van der Waals surface area contributed by atoms with Crippen LogP contribution in [0.1, 0.15) is 38.2 Å². The molecule has 0 atom stereocenters. The summed E-state index contributed by atoms with van der Waals surface area (Å²) in [7, 11) is 0. The molecule has 1 aliphatic carbocycles. The Labute approximate surface area is 121 Å². The minimum atomic E-state index is -4.41. The smallest absolute Gasteiger partial charge is 0.369 e. The zero-order chi connectivity index (χ0) is 14.8. The number of rotatable bonds is 3. The molecule has 1 aromatic rings. The van der Waals surface area contributed by atoms with Gasteiger partial charge in [0, 0.05) is 12.7 Å². The van der Waals surface area contributed by atoms with Crippen molar-refractivity contribution in [1.82, 2.24) is 4.98 Å². The second-order valence-electron chi connectivity index (χ2n) is 5.56. The Kier molecular flexibility index (Phi) is 4.78. The zero-order valence-corrected chi connectivity index (χ0v) is 12.1. The Bertz CT molecular complexity index is 454. The number of nitrogens with one attached hydrogen (secondary N) is 1. The van der Waals surface area contributed by atoms with Gasteiger partial charge in [0.1, 0.15) is 5.82 Å². The van der Waals surface area contributed by atoms with E-state index in [0.29, 0.717) is 18.3 Å². The molecular formula is C14H18ClF3N2. The first-order chi connectivity index (χ1) is 9.36. The van der Waals surface area contributed by atoms with Gasteiger partial charge in [0.2, 0.25) is 0 Å². The van der Waals surface area contributed by atoms with Gasteiger partial charge >= 0.3 is 6.18 Å². The molecule has 1 saturated carbocycles. The van der Waals surface area contributed by atoms with Gasteiger partial charge in [0.05, 0.1) is 10.6 Å². The average molecular weight is 307 g/mol. The molecule has 0 amide bonds. The molecule has 6 heteroatoms. The lowest BCUT2D eigenvalue weighted by atomic mass is 9.83. The Balaban J connectivity index is 1.93. The summed E-state index contributed by atoms with van der Waals surface area (Å²) in [6.07, 6.45) is 1.12. The number of halogens is 4. The molecule has 1 N–H and O–H groups in total. The molecule has 0 radical (unpaired) electrons. The van der Waals surface area contributed by atoms with Crippen molar-refractivity contribution in [3.63, 3.8) is 0 Å². The molecule has 0 spiro atoms. The van der Waals surface area contributed by atoms with E-state index in [9.17, 15) is 13.2 Å². The van der Waals surface area contributed by atoms with Crippen LogP contribution in [-0.4, -0.2) is 11.5 Å². The molecule has 0 saturated heterocycles. The summed E-state index contributed by atoms with van der Waals surface area (Å²) in [5.74, 6) is 1.66. The Morgan fingerprint density at radius 3 is 2.50 bits per heavy atom. The Hall–Kier alpha value is -0.970. The van der Waals surface area contributed by atoms with Gasteiger partial charge in [-0.3, -0.25) is 0 Å². The van der Waals surface area contributed by atoms with Gasteiger partial charge in [-0.15, -0.1) is 0 Å². The number of hydrogen-bond donors (Lipinski definition) is 1. The summed E-state index contributed by atoms with van der Waals surface area (Å²) in [4.78, 5) is 3.78. The van der Waals surface area contributed by atoms with Gasteiger partial charge in [0.15, 0.2) is 0 Å². The van der Waals surface area contributed by atoms with E-state index < -0.39 is 11.7 Å². The van der Waals surface area contributed by atoms with Crippen molar-refractivity contribution in [2.24, 2.45) is 11.8 Å². The van der Waals surface area contributed by atoms with Gasteiger partial charge in [-0.1, -0.05) is 31.4 Å². The summed E-state index contributed by atoms with van der Waals surface area (Å²) in [5, 5.41) is 3.08. The van der Waals surface area contributed by atoms with E-state index in [1.54, 1.807) is 0 Å². The molecule has 0 bridgehead atoms. The van der Waals surface area contributed by atoms with Crippen molar-refractivity contribution in [3.05, 3.63) is 22.8 Å². The van der Waals surface area contributed by atoms with Crippen molar-refractivity contribution in [3.8, 4) is 0 Å². The molecule has 1 fully saturated rings. The monoisotopic (exact) mass is 306 g/mol. The highest BCUT2D eigenvalue weighted by Crippen LogP contribution is 2.33. The van der Waals surface area contributed by atoms with Crippen LogP contribution in [0, 0.1) is 11.8 Å². The molecule has 112 valence electrons. The van der Waals surface area contributed by atoms with E-state index in [1.165, 1.54) is 12.8 Å². The lowest BCUT2D eigenvalue weighted by molar-refractivity contribution is -0.137. The van der Waals surface area contributed by atoms with Crippen molar-refractivity contribution in [1.29, 1.82) is 0 Å². The molecule has 20 heavy (non-hydrogen) atoms. The number of anilines is 1. The zero-order valence-electron chi connectivity index (χ0n) is 11.3. The third kappa shape index (κ3) is 4.01. The van der Waals surface area contributed by atoms with Crippen molar-refractivity contribution >= 4 is 17.4 Å². The second kappa shape index (κ2) is 6.20. The standard InChI is InChI=1S/C14H18ClF3N2/c1-9-2-4-10(5-3-9)7-19-13-12(15)6-11(8-20-13)14(16,17)18/h6,8-10H,2-5,7H2,1H3,(H,19,20). The highest BCUT2D eigenvalue weighted by Gasteiger charge is 2.31. The normalized spacial score (nSPS) is 23.6. The number of aromatic nitrogens is 1. The maximum atomic E-state index is 12.5. The molecule has 1 aliphatic rings. The summed E-state index contributed by atoms with van der Waals surface area (Å²) in [5.41, 5.74) is -0.820. The summed E-state index contributed by atoms with van der Waals surface area (Å²) >= 11 is 5.85. The lowest BCUT2D eigenvalue weighted by Gasteiger charge is -2.26. The average Bonchev–Trinajstić information content (AvgIpc) is 2.38. The molecule has 0 unspecified atom stereocenters. The number of hydrogen-bond acceptors (Lipinski definition) is 2. The SMILES string of the molecule is CC1CCC(CNc2ncc(C(F)(F)F)cc2Cl)CC1. The van der Waals surface area contributed by atoms with Crippen molar-refractivity contribution in [2.75, 3.05) is 11.9 Å². The van der Waals surface area contributed by atoms with Crippen molar-refractivity contribution in [2.45, 2.75) is 38.8 Å². The van der Waals surface area contributed by atoms with Crippen LogP contribution >= 0.6 is 11.6 Å². The maximum Gasteiger partial charge on any atom is 0.417 e. The molecule has 1 heterocycles.